The Balaban J connectivity index is 1.39. The molecule has 1 aliphatic carbocycles. The van der Waals surface area contributed by atoms with Crippen LogP contribution in [0.1, 0.15) is 43.9 Å². The van der Waals surface area contributed by atoms with E-state index >= 15 is 0 Å². The maximum absolute atomic E-state index is 12.7. The zero-order valence-corrected chi connectivity index (χ0v) is 22.4. The number of nitrogens with zero attached hydrogens (tertiary/aromatic N) is 4. The molecule has 0 bridgehead atoms. The standard InChI is InChI=1S/C27H30ClN7OS/c1-3-17-12-18(13-19-14-30-26(34-25(17)19)33-21-10-8-20(29)9-11-21)22-15-31-27(32-16(22)2)35-37(36)24-7-5-4-6-23(24)28/h4-7,12-15,20-21H,3,8-11,29H2,1-2H3,(H,30,33,34)(H,31,32,35). The lowest BCUT2D eigenvalue weighted by Gasteiger charge is -2.26. The van der Waals surface area contributed by atoms with Crippen LogP contribution in [0.25, 0.3) is 22.0 Å². The molecule has 192 valence electrons. The summed E-state index contributed by atoms with van der Waals surface area (Å²) in [5.74, 6) is 0.940. The number of aromatic nitrogens is 4. The Morgan fingerprint density at radius 2 is 1.81 bits per heavy atom. The number of hydrogen-bond acceptors (Lipinski definition) is 7. The summed E-state index contributed by atoms with van der Waals surface area (Å²) in [6, 6.07) is 11.9. The maximum atomic E-state index is 12.7. The van der Waals surface area contributed by atoms with Gasteiger partial charge in [-0.05, 0) is 74.4 Å². The second-order valence-electron chi connectivity index (χ2n) is 9.37. The quantitative estimate of drug-likeness (QED) is 0.289. The second kappa shape index (κ2) is 11.1. The largest absolute Gasteiger partial charge is 0.351 e. The Kier molecular flexibility index (Phi) is 7.64. The minimum absolute atomic E-state index is 0.277. The van der Waals surface area contributed by atoms with Gasteiger partial charge in [0.2, 0.25) is 11.9 Å². The zero-order valence-electron chi connectivity index (χ0n) is 20.9. The molecule has 2 aromatic heterocycles. The average molecular weight is 536 g/mol. The van der Waals surface area contributed by atoms with Gasteiger partial charge in [0.05, 0.1) is 21.1 Å². The Morgan fingerprint density at radius 1 is 1.05 bits per heavy atom. The molecule has 1 aliphatic rings. The molecule has 5 rings (SSSR count). The lowest BCUT2D eigenvalue weighted by atomic mass is 9.92. The molecule has 37 heavy (non-hydrogen) atoms. The van der Waals surface area contributed by atoms with Gasteiger partial charge in [-0.25, -0.2) is 24.1 Å². The molecule has 1 saturated carbocycles. The fraction of sp³-hybridized carbons (Fsp3) is 0.333. The van der Waals surface area contributed by atoms with Gasteiger partial charge in [0, 0.05) is 35.4 Å². The van der Waals surface area contributed by atoms with E-state index in [0.29, 0.717) is 28.0 Å². The van der Waals surface area contributed by atoms with Crippen molar-refractivity contribution in [1.82, 2.24) is 19.9 Å². The summed E-state index contributed by atoms with van der Waals surface area (Å²) in [5.41, 5.74) is 10.8. The predicted molar refractivity (Wildman–Crippen MR) is 150 cm³/mol. The average Bonchev–Trinajstić information content (AvgIpc) is 2.89. The minimum Gasteiger partial charge on any atom is -0.351 e. The molecule has 1 atom stereocenters. The highest BCUT2D eigenvalue weighted by molar-refractivity contribution is 7.86. The number of rotatable bonds is 7. The van der Waals surface area contributed by atoms with Gasteiger partial charge in [-0.15, -0.1) is 0 Å². The van der Waals surface area contributed by atoms with Crippen molar-refractivity contribution < 1.29 is 4.21 Å². The van der Waals surface area contributed by atoms with Crippen molar-refractivity contribution in [3.63, 3.8) is 0 Å². The maximum Gasteiger partial charge on any atom is 0.235 e. The first-order valence-electron chi connectivity index (χ1n) is 12.5. The summed E-state index contributed by atoms with van der Waals surface area (Å²) in [7, 11) is -1.57. The van der Waals surface area contributed by atoms with Crippen LogP contribution in [0.4, 0.5) is 11.9 Å². The molecular weight excluding hydrogens is 506 g/mol. The van der Waals surface area contributed by atoms with E-state index in [4.69, 9.17) is 22.3 Å². The number of nitrogens with one attached hydrogen (secondary N) is 2. The van der Waals surface area contributed by atoms with Crippen molar-refractivity contribution in [2.45, 2.75) is 62.9 Å². The lowest BCUT2D eigenvalue weighted by Crippen LogP contribution is -2.33. The summed E-state index contributed by atoms with van der Waals surface area (Å²) in [5, 5.41) is 4.89. The van der Waals surface area contributed by atoms with Crippen molar-refractivity contribution in [2.75, 3.05) is 10.0 Å². The summed E-state index contributed by atoms with van der Waals surface area (Å²) >= 11 is 6.17. The Morgan fingerprint density at radius 3 is 2.54 bits per heavy atom. The van der Waals surface area contributed by atoms with Gasteiger partial charge in [-0.1, -0.05) is 30.7 Å². The third-order valence-corrected chi connectivity index (χ3v) is 8.32. The molecule has 0 saturated heterocycles. The van der Waals surface area contributed by atoms with E-state index in [1.165, 1.54) is 0 Å². The molecule has 2 heterocycles. The van der Waals surface area contributed by atoms with Crippen LogP contribution < -0.4 is 15.8 Å². The van der Waals surface area contributed by atoms with Crippen molar-refractivity contribution in [1.29, 1.82) is 0 Å². The fourth-order valence-corrected chi connectivity index (χ4v) is 5.86. The smallest absolute Gasteiger partial charge is 0.235 e. The van der Waals surface area contributed by atoms with E-state index in [-0.39, 0.29) is 5.95 Å². The highest BCUT2D eigenvalue weighted by Crippen LogP contribution is 2.30. The number of anilines is 2. The number of halogens is 1. The number of hydrogen-bond donors (Lipinski definition) is 3. The molecular formula is C27H30ClN7OS. The number of nitrogens with two attached hydrogens (primary N) is 1. The van der Waals surface area contributed by atoms with Crippen molar-refractivity contribution >= 4 is 45.4 Å². The molecule has 4 aromatic rings. The van der Waals surface area contributed by atoms with E-state index in [1.807, 2.05) is 13.1 Å². The van der Waals surface area contributed by atoms with Crippen LogP contribution in [0.5, 0.6) is 0 Å². The van der Waals surface area contributed by atoms with E-state index < -0.39 is 11.0 Å². The molecule has 0 amide bonds. The van der Waals surface area contributed by atoms with E-state index in [1.54, 1.807) is 30.5 Å². The summed E-state index contributed by atoms with van der Waals surface area (Å²) < 4.78 is 15.6. The van der Waals surface area contributed by atoms with Gasteiger partial charge in [-0.2, -0.15) is 0 Å². The number of aryl methyl sites for hydroxylation is 2. The summed E-state index contributed by atoms with van der Waals surface area (Å²) in [6.07, 6.45) is 8.59. The second-order valence-corrected chi connectivity index (χ2v) is 11.0. The number of fused-ring (bicyclic) bond motifs is 1. The van der Waals surface area contributed by atoms with Crippen LogP contribution in [-0.2, 0) is 17.4 Å². The van der Waals surface area contributed by atoms with Crippen molar-refractivity contribution in [3.8, 4) is 11.1 Å². The van der Waals surface area contributed by atoms with Gasteiger partial charge in [0.25, 0.3) is 0 Å². The van der Waals surface area contributed by atoms with E-state index in [9.17, 15) is 4.21 Å². The lowest BCUT2D eigenvalue weighted by molar-refractivity contribution is 0.410. The zero-order chi connectivity index (χ0) is 25.9. The molecule has 0 aliphatic heterocycles. The SMILES string of the molecule is CCc1cc(-c2cnc(NS(=O)c3ccccc3Cl)nc2C)cc2cnc(NC3CCC(N)CC3)nc12. The highest BCUT2D eigenvalue weighted by Gasteiger charge is 2.19. The fourth-order valence-electron chi connectivity index (χ4n) is 4.69. The Bertz CT molecular complexity index is 1460. The molecule has 1 fully saturated rings. The molecule has 1 unspecified atom stereocenters. The third kappa shape index (κ3) is 5.74. The molecule has 0 spiro atoms. The Hall–Kier alpha value is -3.14. The first kappa shape index (κ1) is 25.5. The van der Waals surface area contributed by atoms with Crippen LogP contribution in [0.15, 0.2) is 53.7 Å². The van der Waals surface area contributed by atoms with Crippen LogP contribution in [0.2, 0.25) is 5.02 Å². The van der Waals surface area contributed by atoms with Crippen LogP contribution in [0, 0.1) is 6.92 Å². The molecule has 10 heteroatoms. The normalized spacial score (nSPS) is 18.5. The molecule has 0 radical (unpaired) electrons. The highest BCUT2D eigenvalue weighted by atomic mass is 35.5. The van der Waals surface area contributed by atoms with E-state index in [2.05, 4.69) is 44.0 Å². The molecule has 4 N–H and O–H groups in total. The first-order valence-corrected chi connectivity index (χ1v) is 14.0. The predicted octanol–water partition coefficient (Wildman–Crippen LogP) is 5.43. The summed E-state index contributed by atoms with van der Waals surface area (Å²) in [4.78, 5) is 18.9. The van der Waals surface area contributed by atoms with E-state index in [0.717, 1.165) is 65.4 Å². The number of benzene rings is 2. The topological polar surface area (TPSA) is 119 Å². The first-order chi connectivity index (χ1) is 17.9. The van der Waals surface area contributed by atoms with Crippen molar-refractivity contribution in [2.24, 2.45) is 5.73 Å². The van der Waals surface area contributed by atoms with Gasteiger partial charge < -0.3 is 11.1 Å². The third-order valence-electron chi connectivity index (χ3n) is 6.76. The van der Waals surface area contributed by atoms with Gasteiger partial charge >= 0.3 is 0 Å². The molecule has 2 aromatic carbocycles. The van der Waals surface area contributed by atoms with Crippen LogP contribution in [-0.4, -0.2) is 36.2 Å². The summed E-state index contributed by atoms with van der Waals surface area (Å²) in [6.45, 7) is 4.03. The van der Waals surface area contributed by atoms with Crippen molar-refractivity contribution in [3.05, 3.63) is 65.1 Å². The van der Waals surface area contributed by atoms with Gasteiger partial charge in [0.15, 0.2) is 11.0 Å². The minimum atomic E-state index is -1.57. The molecule has 8 nitrogen and oxygen atoms in total. The Labute approximate surface area is 224 Å². The van der Waals surface area contributed by atoms with Crippen LogP contribution in [0.3, 0.4) is 0 Å². The van der Waals surface area contributed by atoms with Gasteiger partial charge in [0.1, 0.15) is 0 Å². The van der Waals surface area contributed by atoms with Crippen LogP contribution >= 0.6 is 11.6 Å². The van der Waals surface area contributed by atoms with Gasteiger partial charge in [-0.3, -0.25) is 4.72 Å². The monoisotopic (exact) mass is 535 g/mol.